The number of hydrogen-bond acceptors (Lipinski definition) is 0. The third kappa shape index (κ3) is 1.85. The molecule has 9 heavy (non-hydrogen) atoms. The van der Waals surface area contributed by atoms with E-state index < -0.39 is 0 Å². The van der Waals surface area contributed by atoms with E-state index in [2.05, 4.69) is 32.9 Å². The second-order valence-corrected chi connectivity index (χ2v) is 3.84. The van der Waals surface area contributed by atoms with Gasteiger partial charge in [0.25, 0.3) is 0 Å². The van der Waals surface area contributed by atoms with Gasteiger partial charge in [0.05, 0.1) is 0 Å². The van der Waals surface area contributed by atoms with Gasteiger partial charge in [0.15, 0.2) is 0 Å². The van der Waals surface area contributed by atoms with E-state index in [0.29, 0.717) is 11.3 Å². The maximum Gasteiger partial charge on any atom is -0.0186 e. The van der Waals surface area contributed by atoms with Crippen LogP contribution >= 0.6 is 0 Å². The number of rotatable bonds is 0. The second-order valence-electron chi connectivity index (χ2n) is 3.84. The molecule has 1 radical (unpaired) electrons. The number of allylic oxidation sites excluding steroid dienone is 2. The van der Waals surface area contributed by atoms with Crippen LogP contribution in [0.3, 0.4) is 0 Å². The van der Waals surface area contributed by atoms with Crippen molar-refractivity contribution in [2.45, 2.75) is 33.6 Å². The summed E-state index contributed by atoms with van der Waals surface area (Å²) in [4.78, 5) is 0. The molecule has 0 aromatic heterocycles. The van der Waals surface area contributed by atoms with Crippen molar-refractivity contribution in [2.24, 2.45) is 11.3 Å². The number of hydrogen-bond donors (Lipinski definition) is 0. The molecule has 1 aliphatic carbocycles. The molecule has 0 heteroatoms. The van der Waals surface area contributed by atoms with E-state index in [-0.39, 0.29) is 0 Å². The quantitative estimate of drug-likeness (QED) is 0.464. The predicted octanol–water partition coefficient (Wildman–Crippen LogP) is 2.80. The van der Waals surface area contributed by atoms with Crippen LogP contribution in [0.15, 0.2) is 6.08 Å². The Bertz CT molecular complexity index is 120. The monoisotopic (exact) mass is 123 g/mol. The van der Waals surface area contributed by atoms with Crippen LogP contribution in [0.2, 0.25) is 0 Å². The summed E-state index contributed by atoms with van der Waals surface area (Å²) in [5, 5.41) is 0. The topological polar surface area (TPSA) is 0 Å². The highest BCUT2D eigenvalue weighted by atomic mass is 14.3. The van der Waals surface area contributed by atoms with Crippen molar-refractivity contribution in [3.05, 3.63) is 12.2 Å². The van der Waals surface area contributed by atoms with E-state index in [1.54, 1.807) is 0 Å². The molecule has 0 N–H and O–H groups in total. The Labute approximate surface area is 58.0 Å². The van der Waals surface area contributed by atoms with Gasteiger partial charge in [-0.1, -0.05) is 26.8 Å². The molecular weight excluding hydrogens is 108 g/mol. The molecular formula is C9H15. The lowest BCUT2D eigenvalue weighted by atomic mass is 9.77. The average molecular weight is 123 g/mol. The molecule has 51 valence electrons. The average Bonchev–Trinajstić information content (AvgIpc) is 1.60. The minimum Gasteiger partial charge on any atom is -0.0802 e. The Kier molecular flexibility index (Phi) is 1.65. The summed E-state index contributed by atoms with van der Waals surface area (Å²) in [5.41, 5.74) is 0.532. The Morgan fingerprint density at radius 1 is 1.56 bits per heavy atom. The van der Waals surface area contributed by atoms with Crippen molar-refractivity contribution in [1.82, 2.24) is 0 Å². The van der Waals surface area contributed by atoms with Crippen molar-refractivity contribution < 1.29 is 0 Å². The third-order valence-electron chi connectivity index (χ3n) is 1.92. The van der Waals surface area contributed by atoms with E-state index in [1.807, 2.05) is 0 Å². The fourth-order valence-corrected chi connectivity index (χ4v) is 1.51. The first kappa shape index (κ1) is 6.85. The van der Waals surface area contributed by atoms with Crippen molar-refractivity contribution in [3.63, 3.8) is 0 Å². The van der Waals surface area contributed by atoms with Crippen LogP contribution in [0.5, 0.6) is 0 Å². The van der Waals surface area contributed by atoms with Crippen molar-refractivity contribution in [2.75, 3.05) is 0 Å². The van der Waals surface area contributed by atoms with Crippen LogP contribution in [0.25, 0.3) is 0 Å². The molecule has 0 saturated heterocycles. The van der Waals surface area contributed by atoms with E-state index in [9.17, 15) is 0 Å². The van der Waals surface area contributed by atoms with Gasteiger partial charge in [-0.2, -0.15) is 0 Å². The Balaban J connectivity index is 2.58. The van der Waals surface area contributed by atoms with Crippen molar-refractivity contribution in [3.8, 4) is 0 Å². The molecule has 0 nitrogen and oxygen atoms in total. The normalized spacial score (nSPS) is 32.6. The third-order valence-corrected chi connectivity index (χ3v) is 1.92. The smallest absolute Gasteiger partial charge is 0.0186 e. The Morgan fingerprint density at radius 3 is 2.56 bits per heavy atom. The maximum absolute atomic E-state index is 3.31. The van der Waals surface area contributed by atoms with Gasteiger partial charge in [-0.15, -0.1) is 0 Å². The zero-order valence-electron chi connectivity index (χ0n) is 6.57. The highest BCUT2D eigenvalue weighted by molar-refractivity contribution is 4.92. The molecule has 0 bridgehead atoms. The van der Waals surface area contributed by atoms with Crippen LogP contribution in [-0.4, -0.2) is 0 Å². The molecule has 0 amide bonds. The van der Waals surface area contributed by atoms with Gasteiger partial charge in [-0.05, 0) is 30.3 Å². The highest BCUT2D eigenvalue weighted by Crippen LogP contribution is 2.33. The fourth-order valence-electron chi connectivity index (χ4n) is 1.51. The van der Waals surface area contributed by atoms with Crippen LogP contribution < -0.4 is 0 Å². The minimum absolute atomic E-state index is 0.532. The van der Waals surface area contributed by atoms with E-state index in [1.165, 1.54) is 12.8 Å². The molecule has 0 saturated carbocycles. The fraction of sp³-hybridized carbons (Fsp3) is 0.778. The minimum atomic E-state index is 0.532. The van der Waals surface area contributed by atoms with Gasteiger partial charge in [0.1, 0.15) is 0 Å². The summed E-state index contributed by atoms with van der Waals surface area (Å²) < 4.78 is 0. The van der Waals surface area contributed by atoms with E-state index in [4.69, 9.17) is 0 Å². The van der Waals surface area contributed by atoms with Crippen LogP contribution in [0.1, 0.15) is 33.6 Å². The largest absolute Gasteiger partial charge is 0.0802 e. The summed E-state index contributed by atoms with van der Waals surface area (Å²) >= 11 is 0. The molecule has 0 aliphatic heterocycles. The molecule has 1 aliphatic rings. The van der Waals surface area contributed by atoms with Gasteiger partial charge in [0, 0.05) is 0 Å². The highest BCUT2D eigenvalue weighted by Gasteiger charge is 2.21. The molecule has 1 atom stereocenters. The summed E-state index contributed by atoms with van der Waals surface area (Å²) in [5.74, 6) is 0.675. The SMILES string of the molecule is CC1[C]=CCC(C)(C)C1. The molecule has 0 fully saturated rings. The Morgan fingerprint density at radius 2 is 2.22 bits per heavy atom. The molecule has 0 spiro atoms. The van der Waals surface area contributed by atoms with Gasteiger partial charge < -0.3 is 0 Å². The summed E-state index contributed by atoms with van der Waals surface area (Å²) in [6.45, 7) is 6.87. The van der Waals surface area contributed by atoms with Crippen molar-refractivity contribution >= 4 is 0 Å². The standard InChI is InChI=1S/C9H15/c1-8-5-4-6-9(2,3)7-8/h4,8H,6-7H2,1-3H3. The molecule has 0 aromatic carbocycles. The van der Waals surface area contributed by atoms with Gasteiger partial charge >= 0.3 is 0 Å². The first-order chi connectivity index (χ1) is 4.10. The summed E-state index contributed by atoms with van der Waals surface area (Å²) in [7, 11) is 0. The molecule has 1 rings (SSSR count). The van der Waals surface area contributed by atoms with Crippen molar-refractivity contribution in [1.29, 1.82) is 0 Å². The predicted molar refractivity (Wildman–Crippen MR) is 40.0 cm³/mol. The molecule has 1 unspecified atom stereocenters. The lowest BCUT2D eigenvalue weighted by Gasteiger charge is -2.28. The zero-order valence-corrected chi connectivity index (χ0v) is 6.57. The first-order valence-electron chi connectivity index (χ1n) is 3.68. The Hall–Kier alpha value is -0.260. The van der Waals surface area contributed by atoms with Crippen LogP contribution in [0.4, 0.5) is 0 Å². The van der Waals surface area contributed by atoms with Crippen LogP contribution in [0, 0.1) is 17.4 Å². The van der Waals surface area contributed by atoms with Gasteiger partial charge in [0.2, 0.25) is 0 Å². The lowest BCUT2D eigenvalue weighted by Crippen LogP contribution is -2.17. The lowest BCUT2D eigenvalue weighted by molar-refractivity contribution is 0.284. The molecule has 0 aromatic rings. The molecule has 0 heterocycles. The van der Waals surface area contributed by atoms with Gasteiger partial charge in [-0.25, -0.2) is 0 Å². The second kappa shape index (κ2) is 2.17. The summed E-state index contributed by atoms with van der Waals surface area (Å²) in [6, 6.07) is 0. The first-order valence-corrected chi connectivity index (χ1v) is 3.68. The van der Waals surface area contributed by atoms with E-state index >= 15 is 0 Å². The maximum atomic E-state index is 3.31. The summed E-state index contributed by atoms with van der Waals surface area (Å²) in [6.07, 6.45) is 8.00. The van der Waals surface area contributed by atoms with E-state index in [0.717, 1.165) is 0 Å². The van der Waals surface area contributed by atoms with Crippen LogP contribution in [-0.2, 0) is 0 Å². The zero-order chi connectivity index (χ0) is 6.91. The van der Waals surface area contributed by atoms with Gasteiger partial charge in [-0.3, -0.25) is 0 Å².